The topological polar surface area (TPSA) is 78.9 Å². The summed E-state index contributed by atoms with van der Waals surface area (Å²) in [5.41, 5.74) is 2.01. The first-order valence-electron chi connectivity index (χ1n) is 7.99. The molecule has 0 bridgehead atoms. The molecule has 3 aromatic heterocycles. The molecule has 3 rings (SSSR count). The Balaban J connectivity index is 1.71. The summed E-state index contributed by atoms with van der Waals surface area (Å²) in [6.45, 7) is 7.21. The highest BCUT2D eigenvalue weighted by Gasteiger charge is 2.16. The van der Waals surface area contributed by atoms with Gasteiger partial charge in [0.25, 0.3) is 0 Å². The van der Waals surface area contributed by atoms with Crippen LogP contribution in [0.4, 0.5) is 0 Å². The molecule has 126 valence electrons. The summed E-state index contributed by atoms with van der Waals surface area (Å²) < 4.78 is 12.9. The Kier molecular flexibility index (Phi) is 5.00. The molecule has 24 heavy (non-hydrogen) atoms. The van der Waals surface area contributed by atoms with E-state index in [1.54, 1.807) is 18.6 Å². The molecule has 0 fully saturated rings. The second kappa shape index (κ2) is 7.35. The van der Waals surface area contributed by atoms with E-state index in [1.165, 1.54) is 0 Å². The van der Waals surface area contributed by atoms with E-state index in [0.29, 0.717) is 30.8 Å². The molecule has 0 amide bonds. The van der Waals surface area contributed by atoms with Gasteiger partial charge in [0.05, 0.1) is 5.69 Å². The van der Waals surface area contributed by atoms with Crippen molar-refractivity contribution in [3.05, 3.63) is 48.5 Å². The van der Waals surface area contributed by atoms with E-state index in [-0.39, 0.29) is 6.10 Å². The standard InChI is InChI=1S/C17H21N5O2/c1-12(2)11-23-13(3)17-20-16(24-21-17)10-22-15(6-9-19-22)14-4-7-18-8-5-14/h4-9,12-13H,10-11H2,1-3H3/t13-/m1/s1. The van der Waals surface area contributed by atoms with Crippen molar-refractivity contribution in [1.82, 2.24) is 24.9 Å². The highest BCUT2D eigenvalue weighted by molar-refractivity contribution is 5.58. The number of ether oxygens (including phenoxy) is 1. The van der Waals surface area contributed by atoms with Crippen molar-refractivity contribution < 1.29 is 9.26 Å². The molecule has 0 spiro atoms. The molecule has 7 nitrogen and oxygen atoms in total. The Morgan fingerprint density at radius 2 is 1.92 bits per heavy atom. The Hall–Kier alpha value is -2.54. The Labute approximate surface area is 140 Å². The third kappa shape index (κ3) is 3.86. The summed E-state index contributed by atoms with van der Waals surface area (Å²) in [4.78, 5) is 8.46. The zero-order valence-corrected chi connectivity index (χ0v) is 14.1. The van der Waals surface area contributed by atoms with Crippen molar-refractivity contribution in [3.63, 3.8) is 0 Å². The monoisotopic (exact) mass is 327 g/mol. The van der Waals surface area contributed by atoms with Crippen molar-refractivity contribution in [3.8, 4) is 11.3 Å². The number of nitrogens with zero attached hydrogens (tertiary/aromatic N) is 5. The Morgan fingerprint density at radius 1 is 1.12 bits per heavy atom. The fourth-order valence-electron chi connectivity index (χ4n) is 2.26. The summed E-state index contributed by atoms with van der Waals surface area (Å²) in [6.07, 6.45) is 5.07. The van der Waals surface area contributed by atoms with E-state index >= 15 is 0 Å². The minimum absolute atomic E-state index is 0.192. The second-order valence-corrected chi connectivity index (χ2v) is 6.03. The SMILES string of the molecule is CC(C)CO[C@H](C)c1noc(Cn2nccc2-c2ccncc2)n1. The van der Waals surface area contributed by atoms with Crippen molar-refractivity contribution in [2.45, 2.75) is 33.4 Å². The highest BCUT2D eigenvalue weighted by atomic mass is 16.5. The molecule has 3 aromatic rings. The van der Waals surface area contributed by atoms with Crippen molar-refractivity contribution >= 4 is 0 Å². The van der Waals surface area contributed by atoms with Crippen LogP contribution in [-0.2, 0) is 11.3 Å². The molecule has 0 aliphatic heterocycles. The van der Waals surface area contributed by atoms with Crippen molar-refractivity contribution in [1.29, 1.82) is 0 Å². The summed E-state index contributed by atoms with van der Waals surface area (Å²) in [5, 5.41) is 8.35. The van der Waals surface area contributed by atoms with Crippen LogP contribution >= 0.6 is 0 Å². The lowest BCUT2D eigenvalue weighted by Gasteiger charge is -2.10. The van der Waals surface area contributed by atoms with Crippen LogP contribution in [0, 0.1) is 5.92 Å². The zero-order valence-electron chi connectivity index (χ0n) is 14.1. The molecule has 0 saturated heterocycles. The maximum absolute atomic E-state index is 5.72. The lowest BCUT2D eigenvalue weighted by molar-refractivity contribution is 0.0402. The van der Waals surface area contributed by atoms with Crippen LogP contribution in [0.1, 0.15) is 38.6 Å². The van der Waals surface area contributed by atoms with Crippen LogP contribution in [0.15, 0.2) is 41.3 Å². The summed E-state index contributed by atoms with van der Waals surface area (Å²) in [6, 6.07) is 5.82. The van der Waals surface area contributed by atoms with Gasteiger partial charge in [0.15, 0.2) is 5.82 Å². The van der Waals surface area contributed by atoms with Gasteiger partial charge >= 0.3 is 0 Å². The van der Waals surface area contributed by atoms with Crippen molar-refractivity contribution in [2.75, 3.05) is 6.61 Å². The molecule has 0 aliphatic rings. The van der Waals surface area contributed by atoms with Gasteiger partial charge in [-0.3, -0.25) is 9.67 Å². The van der Waals surface area contributed by atoms with Gasteiger partial charge in [0.1, 0.15) is 12.6 Å². The predicted molar refractivity (Wildman–Crippen MR) is 88.1 cm³/mol. The van der Waals surface area contributed by atoms with Crippen molar-refractivity contribution in [2.24, 2.45) is 5.92 Å². The highest BCUT2D eigenvalue weighted by Crippen LogP contribution is 2.19. The molecule has 0 aliphatic carbocycles. The van der Waals surface area contributed by atoms with Crippen LogP contribution in [0.2, 0.25) is 0 Å². The van der Waals surface area contributed by atoms with Crippen LogP contribution in [0.5, 0.6) is 0 Å². The normalized spacial score (nSPS) is 12.7. The largest absolute Gasteiger partial charge is 0.370 e. The zero-order chi connectivity index (χ0) is 16.9. The molecule has 0 saturated carbocycles. The number of rotatable bonds is 7. The smallest absolute Gasteiger partial charge is 0.248 e. The minimum Gasteiger partial charge on any atom is -0.370 e. The first-order chi connectivity index (χ1) is 11.6. The molecule has 3 heterocycles. The second-order valence-electron chi connectivity index (χ2n) is 6.03. The number of pyridine rings is 1. The van der Waals surface area contributed by atoms with E-state index in [9.17, 15) is 0 Å². The molecule has 0 radical (unpaired) electrons. The first kappa shape index (κ1) is 16.3. The lowest BCUT2D eigenvalue weighted by Crippen LogP contribution is -2.08. The van der Waals surface area contributed by atoms with E-state index in [1.807, 2.05) is 29.8 Å². The molecular formula is C17H21N5O2. The van der Waals surface area contributed by atoms with Gasteiger partial charge in [0.2, 0.25) is 5.89 Å². The van der Waals surface area contributed by atoms with Crippen LogP contribution in [-0.4, -0.2) is 31.5 Å². The predicted octanol–water partition coefficient (Wildman–Crippen LogP) is 3.11. The maximum Gasteiger partial charge on any atom is 0.248 e. The third-order valence-corrected chi connectivity index (χ3v) is 3.50. The molecule has 7 heteroatoms. The van der Waals surface area contributed by atoms with E-state index in [2.05, 4.69) is 34.1 Å². The Morgan fingerprint density at radius 3 is 2.67 bits per heavy atom. The van der Waals surface area contributed by atoms with Crippen LogP contribution < -0.4 is 0 Å². The van der Waals surface area contributed by atoms with Gasteiger partial charge in [-0.1, -0.05) is 19.0 Å². The van der Waals surface area contributed by atoms with Gasteiger partial charge in [-0.15, -0.1) is 0 Å². The quantitative estimate of drug-likeness (QED) is 0.663. The summed E-state index contributed by atoms with van der Waals surface area (Å²) in [5.74, 6) is 1.53. The van der Waals surface area contributed by atoms with Gasteiger partial charge in [0, 0.05) is 30.8 Å². The molecule has 0 N–H and O–H groups in total. The number of hydrogen-bond donors (Lipinski definition) is 0. The van der Waals surface area contributed by atoms with Crippen LogP contribution in [0.25, 0.3) is 11.3 Å². The number of hydrogen-bond acceptors (Lipinski definition) is 6. The lowest BCUT2D eigenvalue weighted by atomic mass is 10.2. The average Bonchev–Trinajstić information content (AvgIpc) is 3.23. The Bertz CT molecular complexity index is 766. The van der Waals surface area contributed by atoms with Gasteiger partial charge in [-0.25, -0.2) is 0 Å². The summed E-state index contributed by atoms with van der Waals surface area (Å²) >= 11 is 0. The summed E-state index contributed by atoms with van der Waals surface area (Å²) in [7, 11) is 0. The fraction of sp³-hybridized carbons (Fsp3) is 0.412. The minimum atomic E-state index is -0.192. The number of aromatic nitrogens is 5. The molecule has 0 unspecified atom stereocenters. The fourth-order valence-corrected chi connectivity index (χ4v) is 2.26. The van der Waals surface area contributed by atoms with Crippen LogP contribution in [0.3, 0.4) is 0 Å². The average molecular weight is 327 g/mol. The van der Waals surface area contributed by atoms with E-state index in [0.717, 1.165) is 11.3 Å². The van der Waals surface area contributed by atoms with Gasteiger partial charge < -0.3 is 9.26 Å². The van der Waals surface area contributed by atoms with Gasteiger partial charge in [-0.05, 0) is 31.0 Å². The van der Waals surface area contributed by atoms with E-state index in [4.69, 9.17) is 9.26 Å². The molecule has 0 aromatic carbocycles. The molecule has 1 atom stereocenters. The van der Waals surface area contributed by atoms with Gasteiger partial charge in [-0.2, -0.15) is 10.1 Å². The maximum atomic E-state index is 5.72. The van der Waals surface area contributed by atoms with E-state index < -0.39 is 0 Å². The first-order valence-corrected chi connectivity index (χ1v) is 7.99. The molecular weight excluding hydrogens is 306 g/mol. The third-order valence-electron chi connectivity index (χ3n) is 3.50.